The number of hydrogen-bond donors (Lipinski definition) is 0. The highest BCUT2D eigenvalue weighted by Crippen LogP contribution is 2.28. The molecule has 5 rings (SSSR count). The van der Waals surface area contributed by atoms with Crippen LogP contribution in [0.4, 0.5) is 0 Å². The van der Waals surface area contributed by atoms with Crippen LogP contribution < -0.4 is 0 Å². The fourth-order valence-electron chi connectivity index (χ4n) is 4.29. The number of piperazine rings is 1. The molecular formula is C26H23N5O. The van der Waals surface area contributed by atoms with Crippen LogP contribution in [0.5, 0.6) is 0 Å². The molecule has 0 bridgehead atoms. The maximum atomic E-state index is 13.4. The summed E-state index contributed by atoms with van der Waals surface area (Å²) in [5.41, 5.74) is 4.81. The molecule has 1 aliphatic rings. The van der Waals surface area contributed by atoms with Crippen molar-refractivity contribution in [1.29, 1.82) is 5.26 Å². The quantitative estimate of drug-likeness (QED) is 0.502. The van der Waals surface area contributed by atoms with Gasteiger partial charge >= 0.3 is 0 Å². The van der Waals surface area contributed by atoms with Gasteiger partial charge in [0.25, 0.3) is 5.91 Å². The fourth-order valence-corrected chi connectivity index (χ4v) is 4.29. The number of carbonyl (C=O) groups is 1. The number of benzene rings is 2. The van der Waals surface area contributed by atoms with E-state index in [0.29, 0.717) is 24.2 Å². The number of imidazole rings is 1. The van der Waals surface area contributed by atoms with E-state index in [2.05, 4.69) is 22.1 Å². The molecule has 1 fully saturated rings. The zero-order chi connectivity index (χ0) is 21.9. The molecule has 0 radical (unpaired) electrons. The van der Waals surface area contributed by atoms with E-state index in [1.54, 1.807) is 6.07 Å². The molecule has 6 heteroatoms. The van der Waals surface area contributed by atoms with Gasteiger partial charge < -0.3 is 9.30 Å². The molecule has 1 amide bonds. The average Bonchev–Trinajstić information content (AvgIpc) is 3.26. The van der Waals surface area contributed by atoms with E-state index >= 15 is 0 Å². The van der Waals surface area contributed by atoms with Crippen molar-refractivity contribution in [3.05, 3.63) is 95.9 Å². The first kappa shape index (κ1) is 20.0. The molecular weight excluding hydrogens is 398 g/mol. The van der Waals surface area contributed by atoms with Crippen LogP contribution in [0.15, 0.2) is 79.1 Å². The molecule has 0 N–H and O–H groups in total. The Hall–Kier alpha value is -3.95. The molecule has 0 saturated carbocycles. The summed E-state index contributed by atoms with van der Waals surface area (Å²) in [7, 11) is 0. The van der Waals surface area contributed by atoms with E-state index in [4.69, 9.17) is 0 Å². The Kier molecular flexibility index (Phi) is 5.40. The minimum atomic E-state index is 0.0146. The average molecular weight is 422 g/mol. The van der Waals surface area contributed by atoms with Crippen molar-refractivity contribution in [2.24, 2.45) is 0 Å². The van der Waals surface area contributed by atoms with Crippen molar-refractivity contribution in [3.8, 4) is 17.2 Å². The summed E-state index contributed by atoms with van der Waals surface area (Å²) in [6.45, 7) is 3.71. The number of hydrogen-bond acceptors (Lipinski definition) is 4. The normalized spacial score (nSPS) is 14.4. The third-order valence-corrected chi connectivity index (χ3v) is 5.95. The Bertz CT molecular complexity index is 1280. The van der Waals surface area contributed by atoms with Crippen LogP contribution in [0.25, 0.3) is 16.8 Å². The van der Waals surface area contributed by atoms with Crippen molar-refractivity contribution >= 4 is 11.6 Å². The van der Waals surface area contributed by atoms with E-state index in [-0.39, 0.29) is 5.91 Å². The zero-order valence-corrected chi connectivity index (χ0v) is 17.7. The summed E-state index contributed by atoms with van der Waals surface area (Å²) in [5, 5.41) is 9.50. The summed E-state index contributed by atoms with van der Waals surface area (Å²) in [4.78, 5) is 22.3. The van der Waals surface area contributed by atoms with Gasteiger partial charge in [0.1, 0.15) is 5.65 Å². The van der Waals surface area contributed by atoms with Crippen LogP contribution >= 0.6 is 0 Å². The second kappa shape index (κ2) is 8.66. The number of fused-ring (bicyclic) bond motifs is 1. The molecule has 0 aliphatic carbocycles. The molecule has 3 heterocycles. The largest absolute Gasteiger partial charge is 0.336 e. The highest BCUT2D eigenvalue weighted by molar-refractivity contribution is 6.01. The molecule has 158 valence electrons. The van der Waals surface area contributed by atoms with Crippen LogP contribution in [0.3, 0.4) is 0 Å². The topological polar surface area (TPSA) is 64.6 Å². The van der Waals surface area contributed by atoms with E-state index in [0.717, 1.165) is 42.1 Å². The fraction of sp³-hybridized carbons (Fsp3) is 0.192. The lowest BCUT2D eigenvalue weighted by atomic mass is 9.95. The van der Waals surface area contributed by atoms with Gasteiger partial charge in [-0.1, -0.05) is 42.5 Å². The number of amides is 1. The number of nitriles is 1. The number of nitrogens with zero attached hydrogens (tertiary/aromatic N) is 5. The molecule has 1 aliphatic heterocycles. The Morgan fingerprint density at radius 1 is 0.906 bits per heavy atom. The van der Waals surface area contributed by atoms with Gasteiger partial charge in [0.2, 0.25) is 0 Å². The monoisotopic (exact) mass is 421 g/mol. The molecule has 2 aromatic carbocycles. The number of pyridine rings is 1. The molecule has 0 unspecified atom stereocenters. The van der Waals surface area contributed by atoms with Gasteiger partial charge in [-0.25, -0.2) is 4.98 Å². The van der Waals surface area contributed by atoms with Gasteiger partial charge in [-0.05, 0) is 29.8 Å². The highest BCUT2D eigenvalue weighted by atomic mass is 16.2. The summed E-state index contributed by atoms with van der Waals surface area (Å²) >= 11 is 0. The van der Waals surface area contributed by atoms with Gasteiger partial charge in [-0.15, -0.1) is 0 Å². The van der Waals surface area contributed by atoms with Gasteiger partial charge in [-0.3, -0.25) is 9.69 Å². The molecule has 0 spiro atoms. The Morgan fingerprint density at radius 3 is 2.41 bits per heavy atom. The van der Waals surface area contributed by atoms with Crippen molar-refractivity contribution in [1.82, 2.24) is 19.2 Å². The Balaban J connectivity index is 1.29. The van der Waals surface area contributed by atoms with Crippen LogP contribution in [0.2, 0.25) is 0 Å². The molecule has 32 heavy (non-hydrogen) atoms. The first-order valence-corrected chi connectivity index (χ1v) is 10.8. The third kappa shape index (κ3) is 3.86. The molecule has 6 nitrogen and oxygen atoms in total. The van der Waals surface area contributed by atoms with Crippen LogP contribution in [-0.2, 0) is 6.54 Å². The van der Waals surface area contributed by atoms with Crippen molar-refractivity contribution < 1.29 is 4.79 Å². The lowest BCUT2D eigenvalue weighted by molar-refractivity contribution is 0.0628. The number of aromatic nitrogens is 2. The smallest absolute Gasteiger partial charge is 0.254 e. The maximum Gasteiger partial charge on any atom is 0.254 e. The summed E-state index contributed by atoms with van der Waals surface area (Å²) in [6, 6.07) is 23.2. The molecule has 2 aromatic heterocycles. The second-order valence-corrected chi connectivity index (χ2v) is 7.97. The lowest BCUT2D eigenvalue weighted by Crippen LogP contribution is -2.48. The highest BCUT2D eigenvalue weighted by Gasteiger charge is 2.25. The molecule has 4 aromatic rings. The summed E-state index contributed by atoms with van der Waals surface area (Å²) in [6.07, 6.45) is 4.07. The van der Waals surface area contributed by atoms with Crippen LogP contribution in [0.1, 0.15) is 21.6 Å². The Morgan fingerprint density at radius 2 is 1.62 bits per heavy atom. The van der Waals surface area contributed by atoms with Crippen LogP contribution in [0, 0.1) is 11.3 Å². The lowest BCUT2D eigenvalue weighted by Gasteiger charge is -2.34. The third-order valence-electron chi connectivity index (χ3n) is 5.95. The van der Waals surface area contributed by atoms with Gasteiger partial charge in [-0.2, -0.15) is 5.26 Å². The summed E-state index contributed by atoms with van der Waals surface area (Å²) in [5.74, 6) is 0.0146. The van der Waals surface area contributed by atoms with Crippen molar-refractivity contribution in [2.45, 2.75) is 6.54 Å². The maximum absolute atomic E-state index is 13.4. The van der Waals surface area contributed by atoms with Gasteiger partial charge in [0.05, 0.1) is 17.3 Å². The molecule has 0 atom stereocenters. The minimum Gasteiger partial charge on any atom is -0.336 e. The van der Waals surface area contributed by atoms with Crippen molar-refractivity contribution in [2.75, 3.05) is 26.2 Å². The Labute approximate surface area is 187 Å². The predicted molar refractivity (Wildman–Crippen MR) is 123 cm³/mol. The van der Waals surface area contributed by atoms with E-state index in [1.165, 1.54) is 0 Å². The SMILES string of the molecule is N#Cc1ccccc1-c1ccccc1C(=O)N1CCN(Cc2cn3ccccc3n2)CC1. The minimum absolute atomic E-state index is 0.0146. The van der Waals surface area contributed by atoms with Crippen molar-refractivity contribution in [3.63, 3.8) is 0 Å². The predicted octanol–water partition coefficient (Wildman–Crippen LogP) is 3.83. The zero-order valence-electron chi connectivity index (χ0n) is 17.7. The number of rotatable bonds is 4. The first-order chi connectivity index (χ1) is 15.7. The van der Waals surface area contributed by atoms with E-state index < -0.39 is 0 Å². The second-order valence-electron chi connectivity index (χ2n) is 7.97. The van der Waals surface area contributed by atoms with Gasteiger partial charge in [0, 0.05) is 56.2 Å². The number of carbonyl (C=O) groups excluding carboxylic acids is 1. The van der Waals surface area contributed by atoms with E-state index in [1.807, 2.05) is 76.2 Å². The first-order valence-electron chi connectivity index (χ1n) is 10.8. The standard InChI is InChI=1S/C26H23N5O/c27-17-20-7-1-2-8-22(20)23-9-3-4-10-24(23)26(32)30-15-13-29(14-16-30)18-21-19-31-12-6-5-11-25(31)28-21/h1-12,19H,13-16,18H2. The molecule has 1 saturated heterocycles. The van der Waals surface area contributed by atoms with E-state index in [9.17, 15) is 10.1 Å². The van der Waals surface area contributed by atoms with Crippen LogP contribution in [-0.4, -0.2) is 51.3 Å². The summed E-state index contributed by atoms with van der Waals surface area (Å²) < 4.78 is 2.03. The van der Waals surface area contributed by atoms with Gasteiger partial charge in [0.15, 0.2) is 0 Å².